The van der Waals surface area contributed by atoms with Crippen molar-refractivity contribution in [3.8, 4) is 0 Å². The number of hydrogen-bond acceptors (Lipinski definition) is 2. The Labute approximate surface area is 246 Å². The van der Waals surface area contributed by atoms with E-state index in [1.807, 2.05) is 0 Å². The van der Waals surface area contributed by atoms with Crippen LogP contribution in [0.25, 0.3) is 0 Å². The van der Waals surface area contributed by atoms with Crippen LogP contribution in [0.5, 0.6) is 0 Å². The summed E-state index contributed by atoms with van der Waals surface area (Å²) < 4.78 is 0. The third kappa shape index (κ3) is 39.6. The van der Waals surface area contributed by atoms with Gasteiger partial charge in [0.1, 0.15) is 0 Å². The smallest absolute Gasteiger partial charge is 0.303 e. The van der Waals surface area contributed by atoms with E-state index in [-0.39, 0.29) is 0 Å². The van der Waals surface area contributed by atoms with Gasteiger partial charge in [-0.1, -0.05) is 188 Å². The topological polar surface area (TPSA) is 57.5 Å². The number of carbonyl (C=O) groups is 1. The van der Waals surface area contributed by atoms with Crippen molar-refractivity contribution >= 4 is 5.97 Å². The van der Waals surface area contributed by atoms with Gasteiger partial charge >= 0.3 is 5.97 Å². The van der Waals surface area contributed by atoms with E-state index in [9.17, 15) is 9.90 Å². The highest BCUT2D eigenvalue weighted by atomic mass is 16.4. The van der Waals surface area contributed by atoms with Gasteiger partial charge in [-0.3, -0.25) is 4.79 Å². The predicted octanol–water partition coefficient (Wildman–Crippen LogP) is 12.4. The van der Waals surface area contributed by atoms with Crippen molar-refractivity contribution in [1.82, 2.24) is 0 Å². The number of rotatable bonds is 31. The second kappa shape index (κ2) is 37.4. The summed E-state index contributed by atoms with van der Waals surface area (Å²) in [6, 6.07) is 0. The fourth-order valence-corrected chi connectivity index (χ4v) is 5.40. The summed E-state index contributed by atoms with van der Waals surface area (Å²) in [5, 5.41) is 18.0. The van der Waals surface area contributed by atoms with Gasteiger partial charge < -0.3 is 10.2 Å². The van der Waals surface area contributed by atoms with Crippen LogP contribution in [-0.2, 0) is 4.79 Å². The molecule has 0 bridgehead atoms. The molecular weight excluding hydrogens is 480 g/mol. The van der Waals surface area contributed by atoms with Crippen LogP contribution >= 0.6 is 0 Å². The molecule has 0 rings (SSSR count). The van der Waals surface area contributed by atoms with Gasteiger partial charge in [-0.2, -0.15) is 0 Å². The average molecular weight is 555 g/mol. The van der Waals surface area contributed by atoms with Gasteiger partial charge in [0, 0.05) is 13.0 Å². The lowest BCUT2D eigenvalue weighted by Gasteiger charge is -2.13. The Morgan fingerprint density at radius 3 is 0.949 bits per heavy atom. The molecule has 0 saturated carbocycles. The van der Waals surface area contributed by atoms with E-state index in [2.05, 4.69) is 20.8 Å². The first-order chi connectivity index (χ1) is 19.1. The highest BCUT2D eigenvalue weighted by molar-refractivity contribution is 5.66. The molecule has 0 aromatic rings. The number of aliphatic carboxylic acids is 1. The van der Waals surface area contributed by atoms with Crippen molar-refractivity contribution in [2.45, 2.75) is 213 Å². The minimum atomic E-state index is -0.655. The van der Waals surface area contributed by atoms with E-state index in [0.29, 0.717) is 18.9 Å². The maximum absolute atomic E-state index is 10.3. The molecule has 2 N–H and O–H groups in total. The molecule has 39 heavy (non-hydrogen) atoms. The van der Waals surface area contributed by atoms with E-state index < -0.39 is 5.97 Å². The van der Waals surface area contributed by atoms with Crippen LogP contribution in [0.4, 0.5) is 0 Å². The third-order valence-electron chi connectivity index (χ3n) is 8.18. The number of carboxylic acid groups (broad SMARTS) is 1. The molecular formula is C36H74O3. The monoisotopic (exact) mass is 555 g/mol. The lowest BCUT2D eigenvalue weighted by molar-refractivity contribution is -0.137. The van der Waals surface area contributed by atoms with E-state index in [1.165, 1.54) is 173 Å². The van der Waals surface area contributed by atoms with Crippen LogP contribution in [0.2, 0.25) is 0 Å². The summed E-state index contributed by atoms with van der Waals surface area (Å²) in [6.45, 7) is 7.21. The van der Waals surface area contributed by atoms with E-state index in [4.69, 9.17) is 5.11 Å². The van der Waals surface area contributed by atoms with E-state index in [1.54, 1.807) is 0 Å². The van der Waals surface area contributed by atoms with Crippen molar-refractivity contribution in [3.05, 3.63) is 0 Å². The minimum Gasteiger partial charge on any atom is -0.481 e. The fourth-order valence-electron chi connectivity index (χ4n) is 5.40. The van der Waals surface area contributed by atoms with Gasteiger partial charge in [-0.15, -0.1) is 0 Å². The normalized spacial score (nSPS) is 11.8. The molecule has 0 aromatic heterocycles. The Bertz CT molecular complexity index is 437. The van der Waals surface area contributed by atoms with Gasteiger partial charge in [0.2, 0.25) is 0 Å². The zero-order chi connectivity index (χ0) is 29.1. The van der Waals surface area contributed by atoms with Crippen molar-refractivity contribution in [2.75, 3.05) is 6.61 Å². The SMILES string of the molecule is CCCCCCCCCCC(CO)CCCCCCCC.CCCCCCCCCCCCCCCC(=O)O. The summed E-state index contributed by atoms with van der Waals surface area (Å²) in [5.41, 5.74) is 0. The Morgan fingerprint density at radius 1 is 0.436 bits per heavy atom. The quantitative estimate of drug-likeness (QED) is 0.0838. The Balaban J connectivity index is 0. The zero-order valence-corrected chi connectivity index (χ0v) is 27.3. The summed E-state index contributed by atoms with van der Waals surface area (Å²) in [6.07, 6.45) is 39.1. The highest BCUT2D eigenvalue weighted by Crippen LogP contribution is 2.19. The predicted molar refractivity (Wildman–Crippen MR) is 174 cm³/mol. The molecule has 0 spiro atoms. The fraction of sp³-hybridized carbons (Fsp3) is 0.972. The molecule has 0 amide bonds. The number of unbranched alkanes of at least 4 members (excludes halogenated alkanes) is 24. The first-order valence-corrected chi connectivity index (χ1v) is 17.9. The second-order valence-corrected chi connectivity index (χ2v) is 12.3. The Hall–Kier alpha value is -0.570. The van der Waals surface area contributed by atoms with Crippen LogP contribution in [-0.4, -0.2) is 22.8 Å². The maximum atomic E-state index is 10.3. The largest absolute Gasteiger partial charge is 0.481 e. The molecule has 1 unspecified atom stereocenters. The highest BCUT2D eigenvalue weighted by Gasteiger charge is 2.07. The van der Waals surface area contributed by atoms with Crippen LogP contribution in [0, 0.1) is 5.92 Å². The molecule has 0 aliphatic rings. The zero-order valence-electron chi connectivity index (χ0n) is 27.3. The minimum absolute atomic E-state index is 0.345. The van der Waals surface area contributed by atoms with Crippen LogP contribution in [0.15, 0.2) is 0 Å². The average Bonchev–Trinajstić information content (AvgIpc) is 2.93. The molecule has 236 valence electrons. The van der Waals surface area contributed by atoms with Crippen LogP contribution < -0.4 is 0 Å². The molecule has 1 atom stereocenters. The first kappa shape index (κ1) is 40.6. The lowest BCUT2D eigenvalue weighted by atomic mass is 9.95. The third-order valence-corrected chi connectivity index (χ3v) is 8.18. The van der Waals surface area contributed by atoms with Crippen LogP contribution in [0.3, 0.4) is 0 Å². The van der Waals surface area contributed by atoms with Gasteiger partial charge in [0.25, 0.3) is 0 Å². The number of aliphatic hydroxyl groups excluding tert-OH is 1. The molecule has 0 fully saturated rings. The summed E-state index contributed by atoms with van der Waals surface area (Å²) in [7, 11) is 0. The molecule has 3 nitrogen and oxygen atoms in total. The van der Waals surface area contributed by atoms with Crippen molar-refractivity contribution < 1.29 is 15.0 Å². The molecule has 0 aromatic carbocycles. The van der Waals surface area contributed by atoms with Crippen molar-refractivity contribution in [3.63, 3.8) is 0 Å². The molecule has 3 heteroatoms. The Kier molecular flexibility index (Phi) is 38.9. The van der Waals surface area contributed by atoms with Crippen molar-refractivity contribution in [1.29, 1.82) is 0 Å². The molecule has 0 aliphatic heterocycles. The maximum Gasteiger partial charge on any atom is 0.303 e. The van der Waals surface area contributed by atoms with Gasteiger partial charge in [0.05, 0.1) is 0 Å². The van der Waals surface area contributed by atoms with Crippen molar-refractivity contribution in [2.24, 2.45) is 5.92 Å². The molecule has 0 saturated heterocycles. The number of aliphatic hydroxyl groups is 1. The standard InChI is InChI=1S/C20H42O.C16H32O2/c1-3-5-7-9-11-12-14-16-18-20(19-21)17-15-13-10-8-6-4-2;1-2-3-4-5-6-7-8-9-10-11-12-13-14-15-16(17)18/h20-21H,3-19H2,1-2H3;2-15H2,1H3,(H,17,18). The molecule has 0 radical (unpaired) electrons. The summed E-state index contributed by atoms with van der Waals surface area (Å²) >= 11 is 0. The van der Waals surface area contributed by atoms with E-state index in [0.717, 1.165) is 12.8 Å². The number of hydrogen-bond donors (Lipinski definition) is 2. The molecule has 0 aliphatic carbocycles. The summed E-state index contributed by atoms with van der Waals surface area (Å²) in [4.78, 5) is 10.3. The molecule has 0 heterocycles. The number of carboxylic acids is 1. The van der Waals surface area contributed by atoms with Gasteiger partial charge in [-0.05, 0) is 25.2 Å². The van der Waals surface area contributed by atoms with Gasteiger partial charge in [-0.25, -0.2) is 0 Å². The Morgan fingerprint density at radius 2 is 0.692 bits per heavy atom. The first-order valence-electron chi connectivity index (χ1n) is 17.9. The lowest BCUT2D eigenvalue weighted by Crippen LogP contribution is -2.06. The van der Waals surface area contributed by atoms with Gasteiger partial charge in [0.15, 0.2) is 0 Å². The van der Waals surface area contributed by atoms with E-state index >= 15 is 0 Å². The van der Waals surface area contributed by atoms with Crippen LogP contribution in [0.1, 0.15) is 213 Å². The summed E-state index contributed by atoms with van der Waals surface area (Å²) in [5.74, 6) is -0.0747. The second-order valence-electron chi connectivity index (χ2n) is 12.3.